The van der Waals surface area contributed by atoms with Gasteiger partial charge >= 0.3 is 0 Å². The third kappa shape index (κ3) is 4.04. The Morgan fingerprint density at radius 2 is 1.96 bits per heavy atom. The summed E-state index contributed by atoms with van der Waals surface area (Å²) < 4.78 is 11.0. The molecule has 1 aromatic heterocycles. The van der Waals surface area contributed by atoms with E-state index in [1.165, 1.54) is 6.08 Å². The van der Waals surface area contributed by atoms with Gasteiger partial charge in [-0.15, -0.1) is 0 Å². The highest BCUT2D eigenvalue weighted by atomic mass is 16.5. The molecule has 136 valence electrons. The first-order valence-electron chi connectivity index (χ1n) is 8.66. The average Bonchev–Trinajstić information content (AvgIpc) is 3.11. The van der Waals surface area contributed by atoms with Crippen LogP contribution in [0.2, 0.25) is 0 Å². The molecule has 0 saturated carbocycles. The summed E-state index contributed by atoms with van der Waals surface area (Å²) in [5.41, 5.74) is 1.20. The largest absolute Gasteiger partial charge is 0.481 e. The number of carbonyl (C=O) groups excluding carboxylic acids is 2. The number of ketones is 1. The zero-order valence-corrected chi connectivity index (χ0v) is 15.3. The summed E-state index contributed by atoms with van der Waals surface area (Å²) in [6, 6.07) is 11.4. The number of nitrogens with zero attached hydrogens (tertiary/aromatic N) is 1. The van der Waals surface area contributed by atoms with Crippen molar-refractivity contribution in [2.45, 2.75) is 45.4 Å². The highest BCUT2D eigenvalue weighted by Crippen LogP contribution is 2.29. The summed E-state index contributed by atoms with van der Waals surface area (Å²) in [5, 5.41) is 0. The molecule has 1 aliphatic heterocycles. The quantitative estimate of drug-likeness (QED) is 0.814. The molecule has 0 N–H and O–H groups in total. The van der Waals surface area contributed by atoms with E-state index in [2.05, 4.69) is 0 Å². The Morgan fingerprint density at radius 3 is 2.58 bits per heavy atom. The molecule has 2 aromatic rings. The topological polar surface area (TPSA) is 59.8 Å². The van der Waals surface area contributed by atoms with Gasteiger partial charge in [0.15, 0.2) is 11.5 Å². The molecular weight excluding hydrogens is 330 g/mol. The van der Waals surface area contributed by atoms with E-state index < -0.39 is 5.60 Å². The fourth-order valence-corrected chi connectivity index (χ4v) is 3.10. The molecule has 1 amide bonds. The molecule has 0 fully saturated rings. The van der Waals surface area contributed by atoms with E-state index in [1.807, 2.05) is 57.2 Å². The number of carbonyl (C=O) groups is 2. The molecule has 0 radical (unpaired) electrons. The molecule has 5 nitrogen and oxygen atoms in total. The monoisotopic (exact) mass is 353 g/mol. The van der Waals surface area contributed by atoms with Gasteiger partial charge in [0, 0.05) is 24.6 Å². The molecule has 5 heteroatoms. The predicted molar refractivity (Wildman–Crippen MR) is 97.0 cm³/mol. The van der Waals surface area contributed by atoms with E-state index in [0.717, 1.165) is 11.1 Å². The predicted octanol–water partition coefficient (Wildman–Crippen LogP) is 4.02. The second-order valence-corrected chi connectivity index (χ2v) is 7.16. The molecule has 1 atom stereocenters. The zero-order valence-electron chi connectivity index (χ0n) is 15.3. The van der Waals surface area contributed by atoms with Gasteiger partial charge in [-0.1, -0.05) is 30.3 Å². The molecule has 0 spiro atoms. The fraction of sp³-hybridized carbons (Fsp3) is 0.333. The molecule has 3 rings (SSSR count). The van der Waals surface area contributed by atoms with Crippen molar-refractivity contribution >= 4 is 11.7 Å². The maximum atomic E-state index is 13.2. The van der Waals surface area contributed by atoms with Gasteiger partial charge in [0.25, 0.3) is 5.91 Å². The summed E-state index contributed by atoms with van der Waals surface area (Å²) >= 11 is 0. The molecular formula is C21H23NO4. The van der Waals surface area contributed by atoms with Gasteiger partial charge in [-0.3, -0.25) is 9.59 Å². The molecule has 1 aliphatic rings. The fourth-order valence-electron chi connectivity index (χ4n) is 3.10. The first kappa shape index (κ1) is 18.0. The molecule has 26 heavy (non-hydrogen) atoms. The van der Waals surface area contributed by atoms with Gasteiger partial charge in [0.2, 0.25) is 0 Å². The van der Waals surface area contributed by atoms with Crippen molar-refractivity contribution in [2.24, 2.45) is 0 Å². The van der Waals surface area contributed by atoms with Crippen LogP contribution in [0.3, 0.4) is 0 Å². The summed E-state index contributed by atoms with van der Waals surface area (Å²) in [6.07, 6.45) is 4.77. The number of furan rings is 1. The SMILES string of the molecule is C[C@@H](c1ccccc1)N(Cc1ccoc1)C(=O)C1=CC(=O)CC(C)(C)O1. The van der Waals surface area contributed by atoms with Crippen LogP contribution in [0.5, 0.6) is 0 Å². The number of hydrogen-bond acceptors (Lipinski definition) is 4. The highest BCUT2D eigenvalue weighted by molar-refractivity contribution is 6.01. The first-order chi connectivity index (χ1) is 12.4. The van der Waals surface area contributed by atoms with Crippen molar-refractivity contribution < 1.29 is 18.7 Å². The molecule has 0 bridgehead atoms. The molecule has 1 aromatic carbocycles. The van der Waals surface area contributed by atoms with E-state index in [4.69, 9.17) is 9.15 Å². The summed E-state index contributed by atoms with van der Waals surface area (Å²) in [4.78, 5) is 26.9. The van der Waals surface area contributed by atoms with E-state index in [-0.39, 0.29) is 29.9 Å². The molecule has 0 unspecified atom stereocenters. The minimum atomic E-state index is -0.686. The Balaban J connectivity index is 1.92. The van der Waals surface area contributed by atoms with Crippen LogP contribution in [0.25, 0.3) is 0 Å². The Bertz CT molecular complexity index is 806. The second kappa shape index (κ2) is 7.20. The molecule has 0 saturated heterocycles. The van der Waals surface area contributed by atoms with Gasteiger partial charge in [-0.25, -0.2) is 0 Å². The average molecular weight is 353 g/mol. The van der Waals surface area contributed by atoms with Gasteiger partial charge in [-0.2, -0.15) is 0 Å². The Kier molecular flexibility index (Phi) is 4.98. The van der Waals surface area contributed by atoms with Crippen LogP contribution in [0.4, 0.5) is 0 Å². The van der Waals surface area contributed by atoms with Crippen LogP contribution in [-0.2, 0) is 20.9 Å². The maximum absolute atomic E-state index is 13.2. The van der Waals surface area contributed by atoms with E-state index in [9.17, 15) is 9.59 Å². The number of hydrogen-bond donors (Lipinski definition) is 0. The number of ether oxygens (including phenoxy) is 1. The van der Waals surface area contributed by atoms with Crippen molar-refractivity contribution in [1.29, 1.82) is 0 Å². The van der Waals surface area contributed by atoms with Gasteiger partial charge in [0.05, 0.1) is 18.6 Å². The van der Waals surface area contributed by atoms with Crippen LogP contribution in [0.15, 0.2) is 65.2 Å². The highest BCUT2D eigenvalue weighted by Gasteiger charge is 2.35. The lowest BCUT2D eigenvalue weighted by atomic mass is 9.98. The summed E-state index contributed by atoms with van der Waals surface area (Å²) in [5.74, 6) is -0.304. The van der Waals surface area contributed by atoms with E-state index >= 15 is 0 Å². The lowest BCUT2D eigenvalue weighted by Crippen LogP contribution is -2.40. The molecule has 2 heterocycles. The van der Waals surface area contributed by atoms with Crippen molar-refractivity contribution in [3.8, 4) is 0 Å². The van der Waals surface area contributed by atoms with Gasteiger partial charge in [-0.05, 0) is 32.4 Å². The first-order valence-corrected chi connectivity index (χ1v) is 8.66. The van der Waals surface area contributed by atoms with Crippen molar-refractivity contribution in [2.75, 3.05) is 0 Å². The van der Waals surface area contributed by atoms with Crippen molar-refractivity contribution in [3.05, 3.63) is 71.9 Å². The lowest BCUT2D eigenvalue weighted by Gasteiger charge is -2.34. The Hall–Kier alpha value is -2.82. The van der Waals surface area contributed by atoms with Crippen molar-refractivity contribution in [3.63, 3.8) is 0 Å². The van der Waals surface area contributed by atoms with Crippen LogP contribution in [-0.4, -0.2) is 22.2 Å². The number of benzene rings is 1. The number of amides is 1. The Labute approximate surface area is 153 Å². The van der Waals surface area contributed by atoms with Gasteiger partial charge in [0.1, 0.15) is 5.60 Å². The summed E-state index contributed by atoms with van der Waals surface area (Å²) in [7, 11) is 0. The smallest absolute Gasteiger partial charge is 0.289 e. The van der Waals surface area contributed by atoms with Crippen LogP contribution < -0.4 is 0 Å². The lowest BCUT2D eigenvalue weighted by molar-refractivity contribution is -0.140. The van der Waals surface area contributed by atoms with Crippen LogP contribution in [0.1, 0.15) is 44.4 Å². The van der Waals surface area contributed by atoms with Crippen molar-refractivity contribution in [1.82, 2.24) is 4.90 Å². The van der Waals surface area contributed by atoms with Crippen LogP contribution in [0, 0.1) is 0 Å². The standard InChI is InChI=1S/C21H23NO4/c1-15(17-7-5-4-6-8-17)22(13-16-9-10-25-14-16)20(24)19-11-18(23)12-21(2,3)26-19/h4-11,14-15H,12-13H2,1-3H3/t15-/m0/s1. The minimum Gasteiger partial charge on any atom is -0.481 e. The maximum Gasteiger partial charge on any atom is 0.289 e. The third-order valence-electron chi connectivity index (χ3n) is 4.43. The zero-order chi connectivity index (χ0) is 18.7. The van der Waals surface area contributed by atoms with E-state index in [0.29, 0.717) is 6.54 Å². The van der Waals surface area contributed by atoms with Crippen LogP contribution >= 0.6 is 0 Å². The molecule has 0 aliphatic carbocycles. The Morgan fingerprint density at radius 1 is 1.23 bits per heavy atom. The third-order valence-corrected chi connectivity index (χ3v) is 4.43. The number of rotatable bonds is 5. The number of allylic oxidation sites excluding steroid dienone is 1. The van der Waals surface area contributed by atoms with E-state index in [1.54, 1.807) is 17.4 Å². The normalized spacial score (nSPS) is 17.2. The van der Waals surface area contributed by atoms with Gasteiger partial charge < -0.3 is 14.1 Å². The minimum absolute atomic E-state index is 0.0949. The summed E-state index contributed by atoms with van der Waals surface area (Å²) in [6.45, 7) is 5.95. The second-order valence-electron chi connectivity index (χ2n) is 7.16.